The fraction of sp³-hybridized carbons (Fsp3) is 0.476. The first-order chi connectivity index (χ1) is 14.5. The Balaban J connectivity index is 1.38. The van der Waals surface area contributed by atoms with Gasteiger partial charge in [-0.25, -0.2) is 8.42 Å². The predicted molar refractivity (Wildman–Crippen MR) is 118 cm³/mol. The molecule has 0 saturated carbocycles. The van der Waals surface area contributed by atoms with Crippen molar-refractivity contribution in [2.45, 2.75) is 17.1 Å². The summed E-state index contributed by atoms with van der Waals surface area (Å²) in [7, 11) is -1.85. The number of amides is 1. The fourth-order valence-corrected chi connectivity index (χ4v) is 6.89. The molecule has 1 atom stereocenters. The molecule has 0 aliphatic carbocycles. The highest BCUT2D eigenvalue weighted by Crippen LogP contribution is 2.30. The summed E-state index contributed by atoms with van der Waals surface area (Å²) in [6.07, 6.45) is 1.45. The predicted octanol–water partition coefficient (Wildman–Crippen LogP) is 2.51. The van der Waals surface area contributed by atoms with Crippen LogP contribution >= 0.6 is 11.3 Å². The van der Waals surface area contributed by atoms with Gasteiger partial charge >= 0.3 is 0 Å². The Kier molecular flexibility index (Phi) is 6.31. The number of rotatable bonds is 5. The second-order valence-corrected chi connectivity index (χ2v) is 10.7. The van der Waals surface area contributed by atoms with Gasteiger partial charge in [0, 0.05) is 39.3 Å². The highest BCUT2D eigenvalue weighted by molar-refractivity contribution is 7.91. The van der Waals surface area contributed by atoms with Crippen LogP contribution in [0.25, 0.3) is 0 Å². The van der Waals surface area contributed by atoms with Crippen LogP contribution in [0.2, 0.25) is 0 Å². The number of anilines is 1. The zero-order valence-electron chi connectivity index (χ0n) is 17.1. The minimum atomic E-state index is -3.51. The van der Waals surface area contributed by atoms with E-state index in [9.17, 15) is 13.2 Å². The van der Waals surface area contributed by atoms with Gasteiger partial charge in [0.2, 0.25) is 5.91 Å². The average Bonchev–Trinajstić information content (AvgIpc) is 3.35. The number of nitrogens with zero attached hydrogens (tertiary/aromatic N) is 3. The molecule has 30 heavy (non-hydrogen) atoms. The van der Waals surface area contributed by atoms with Gasteiger partial charge in [0.15, 0.2) is 0 Å². The smallest absolute Gasteiger partial charge is 0.252 e. The van der Waals surface area contributed by atoms with Crippen LogP contribution in [0.1, 0.15) is 12.8 Å². The second kappa shape index (κ2) is 8.95. The lowest BCUT2D eigenvalue weighted by Crippen LogP contribution is -2.53. The van der Waals surface area contributed by atoms with Crippen molar-refractivity contribution in [2.75, 3.05) is 51.3 Å². The summed E-state index contributed by atoms with van der Waals surface area (Å²) in [5.74, 6) is 0.631. The summed E-state index contributed by atoms with van der Waals surface area (Å²) < 4.78 is 33.0. The molecular formula is C21H27N3O4S2. The number of hydrogen-bond donors (Lipinski definition) is 0. The average molecular weight is 450 g/mol. The molecule has 0 N–H and O–H groups in total. The molecule has 2 aliphatic heterocycles. The Hall–Kier alpha value is -2.10. The highest BCUT2D eigenvalue weighted by atomic mass is 32.2. The lowest BCUT2D eigenvalue weighted by molar-refractivity contribution is -0.137. The molecule has 9 heteroatoms. The van der Waals surface area contributed by atoms with Gasteiger partial charge in [-0.3, -0.25) is 4.79 Å². The van der Waals surface area contributed by atoms with Crippen molar-refractivity contribution in [3.63, 3.8) is 0 Å². The number of piperazine rings is 1. The first-order valence-corrected chi connectivity index (χ1v) is 12.5. The molecule has 1 aromatic heterocycles. The van der Waals surface area contributed by atoms with Crippen LogP contribution in [0, 0.1) is 5.92 Å². The molecule has 1 aromatic carbocycles. The monoisotopic (exact) mass is 449 g/mol. The zero-order chi connectivity index (χ0) is 21.1. The topological polar surface area (TPSA) is 70.2 Å². The first kappa shape index (κ1) is 21.1. The van der Waals surface area contributed by atoms with Gasteiger partial charge < -0.3 is 14.5 Å². The SMILES string of the molecule is COc1ccccc1N1CCN(C(=O)[C@@H]2CCCN(S(=O)(=O)c3cccs3)C2)CC1. The van der Waals surface area contributed by atoms with Crippen molar-refractivity contribution in [1.82, 2.24) is 9.21 Å². The maximum Gasteiger partial charge on any atom is 0.252 e. The summed E-state index contributed by atoms with van der Waals surface area (Å²) in [5, 5.41) is 1.76. The van der Waals surface area contributed by atoms with E-state index < -0.39 is 10.0 Å². The first-order valence-electron chi connectivity index (χ1n) is 10.2. The third-order valence-corrected chi connectivity index (χ3v) is 9.08. The number of carbonyl (C=O) groups is 1. The van der Waals surface area contributed by atoms with E-state index in [0.717, 1.165) is 30.9 Å². The second-order valence-electron chi connectivity index (χ2n) is 7.62. The number of carbonyl (C=O) groups excluding carboxylic acids is 1. The molecule has 162 valence electrons. The molecular weight excluding hydrogens is 422 g/mol. The van der Waals surface area contributed by atoms with Crippen LogP contribution < -0.4 is 9.64 Å². The maximum absolute atomic E-state index is 13.1. The van der Waals surface area contributed by atoms with Gasteiger partial charge in [-0.05, 0) is 36.4 Å². The van der Waals surface area contributed by atoms with Crippen LogP contribution in [-0.2, 0) is 14.8 Å². The van der Waals surface area contributed by atoms with Gasteiger partial charge in [-0.2, -0.15) is 4.31 Å². The van der Waals surface area contributed by atoms with Crippen LogP contribution in [0.3, 0.4) is 0 Å². The summed E-state index contributed by atoms with van der Waals surface area (Å²) in [6.45, 7) is 3.47. The third kappa shape index (κ3) is 4.19. The number of ether oxygens (including phenoxy) is 1. The third-order valence-electron chi connectivity index (χ3n) is 5.84. The molecule has 0 unspecified atom stereocenters. The number of para-hydroxylation sites is 2. The van der Waals surface area contributed by atoms with E-state index in [2.05, 4.69) is 4.90 Å². The van der Waals surface area contributed by atoms with E-state index in [4.69, 9.17) is 4.74 Å². The summed E-state index contributed by atoms with van der Waals surface area (Å²) in [4.78, 5) is 17.3. The minimum absolute atomic E-state index is 0.0701. The number of methoxy groups -OCH3 is 1. The Morgan fingerprint density at radius 3 is 2.53 bits per heavy atom. The van der Waals surface area contributed by atoms with Crippen LogP contribution in [-0.4, -0.2) is 69.9 Å². The van der Waals surface area contributed by atoms with Gasteiger partial charge in [0.25, 0.3) is 10.0 Å². The summed E-state index contributed by atoms with van der Waals surface area (Å²) >= 11 is 1.22. The molecule has 1 amide bonds. The molecule has 0 bridgehead atoms. The van der Waals surface area contributed by atoms with E-state index in [-0.39, 0.29) is 18.4 Å². The molecule has 3 heterocycles. The van der Waals surface area contributed by atoms with Crippen molar-refractivity contribution in [3.8, 4) is 5.75 Å². The van der Waals surface area contributed by atoms with Gasteiger partial charge in [0.05, 0.1) is 18.7 Å². The number of benzene rings is 1. The number of hydrogen-bond acceptors (Lipinski definition) is 6. The van der Waals surface area contributed by atoms with E-state index in [1.165, 1.54) is 15.6 Å². The number of sulfonamides is 1. The fourth-order valence-electron chi connectivity index (χ4n) is 4.22. The van der Waals surface area contributed by atoms with Gasteiger partial charge in [-0.15, -0.1) is 11.3 Å². The van der Waals surface area contributed by atoms with Crippen molar-refractivity contribution in [2.24, 2.45) is 5.92 Å². The van der Waals surface area contributed by atoms with E-state index in [0.29, 0.717) is 30.3 Å². The number of thiophene rings is 1. The van der Waals surface area contributed by atoms with E-state index >= 15 is 0 Å². The van der Waals surface area contributed by atoms with Crippen LogP contribution in [0.4, 0.5) is 5.69 Å². The lowest BCUT2D eigenvalue weighted by atomic mass is 9.97. The quantitative estimate of drug-likeness (QED) is 0.702. The lowest BCUT2D eigenvalue weighted by Gasteiger charge is -2.39. The molecule has 2 aromatic rings. The minimum Gasteiger partial charge on any atom is -0.495 e. The molecule has 0 radical (unpaired) electrons. The standard InChI is InChI=1S/C21H27N3O4S2/c1-28-19-8-3-2-7-18(19)22-11-13-23(14-12-22)21(25)17-6-4-10-24(16-17)30(26,27)20-9-5-15-29-20/h2-3,5,7-9,15,17H,4,6,10-14,16H2,1H3/t17-/m1/s1. The van der Waals surface area contributed by atoms with E-state index in [1.54, 1.807) is 24.6 Å². The molecule has 2 aliphatic rings. The number of piperidine rings is 1. The normalized spacial score (nSPS) is 20.9. The largest absolute Gasteiger partial charge is 0.495 e. The summed E-state index contributed by atoms with van der Waals surface area (Å²) in [6, 6.07) is 11.3. The molecule has 0 spiro atoms. The summed E-state index contributed by atoms with van der Waals surface area (Å²) in [5.41, 5.74) is 1.04. The van der Waals surface area contributed by atoms with Gasteiger partial charge in [-0.1, -0.05) is 18.2 Å². The molecule has 2 saturated heterocycles. The van der Waals surface area contributed by atoms with Crippen molar-refractivity contribution in [3.05, 3.63) is 41.8 Å². The maximum atomic E-state index is 13.1. The Morgan fingerprint density at radius 1 is 1.07 bits per heavy atom. The van der Waals surface area contributed by atoms with Crippen molar-refractivity contribution >= 4 is 33.0 Å². The Labute approximate surface area is 181 Å². The van der Waals surface area contributed by atoms with Gasteiger partial charge in [0.1, 0.15) is 9.96 Å². The van der Waals surface area contributed by atoms with Crippen LogP contribution in [0.15, 0.2) is 46.0 Å². The van der Waals surface area contributed by atoms with Crippen molar-refractivity contribution < 1.29 is 17.9 Å². The molecule has 2 fully saturated rings. The van der Waals surface area contributed by atoms with Crippen molar-refractivity contribution in [1.29, 1.82) is 0 Å². The Morgan fingerprint density at radius 2 is 1.83 bits per heavy atom. The highest BCUT2D eigenvalue weighted by Gasteiger charge is 2.36. The van der Waals surface area contributed by atoms with Crippen LogP contribution in [0.5, 0.6) is 5.75 Å². The van der Waals surface area contributed by atoms with E-state index in [1.807, 2.05) is 29.2 Å². The Bertz CT molecular complexity index is 970. The molecule has 4 rings (SSSR count). The zero-order valence-corrected chi connectivity index (χ0v) is 18.7. The molecule has 7 nitrogen and oxygen atoms in total.